The Morgan fingerprint density at radius 3 is 2.89 bits per heavy atom. The number of nitrogens with zero attached hydrogens (tertiary/aromatic N) is 3. The van der Waals surface area contributed by atoms with Crippen molar-refractivity contribution >= 4 is 27.5 Å². The zero-order chi connectivity index (χ0) is 19.7. The first-order valence-electron chi connectivity index (χ1n) is 9.37. The number of likely N-dealkylation sites (N-methyl/N-ethyl adjacent to an activating group) is 1. The molecule has 0 radical (unpaired) electrons. The van der Waals surface area contributed by atoms with Gasteiger partial charge in [-0.25, -0.2) is 14.4 Å². The zero-order valence-corrected chi connectivity index (χ0v) is 16.8. The van der Waals surface area contributed by atoms with Crippen LogP contribution >= 0.6 is 11.3 Å². The van der Waals surface area contributed by atoms with Gasteiger partial charge in [0, 0.05) is 18.5 Å². The van der Waals surface area contributed by atoms with E-state index in [2.05, 4.69) is 16.9 Å². The van der Waals surface area contributed by atoms with Gasteiger partial charge in [-0.05, 0) is 48.4 Å². The van der Waals surface area contributed by atoms with E-state index in [1.54, 1.807) is 35.4 Å². The van der Waals surface area contributed by atoms with Crippen LogP contribution in [-0.2, 0) is 24.2 Å². The van der Waals surface area contributed by atoms with Gasteiger partial charge in [0.05, 0.1) is 5.39 Å². The number of amides is 1. The Kier molecular flexibility index (Phi) is 5.26. The number of thiophene rings is 1. The zero-order valence-electron chi connectivity index (χ0n) is 15.9. The molecule has 1 aliphatic rings. The average molecular weight is 399 g/mol. The van der Waals surface area contributed by atoms with E-state index in [0.29, 0.717) is 18.3 Å². The van der Waals surface area contributed by atoms with Crippen LogP contribution in [0, 0.1) is 11.7 Å². The van der Waals surface area contributed by atoms with Gasteiger partial charge in [0.2, 0.25) is 5.88 Å². The summed E-state index contributed by atoms with van der Waals surface area (Å²) in [4.78, 5) is 25.0. The third-order valence-corrected chi connectivity index (χ3v) is 6.31. The summed E-state index contributed by atoms with van der Waals surface area (Å²) < 4.78 is 18.8. The van der Waals surface area contributed by atoms with Crippen LogP contribution in [0.3, 0.4) is 0 Å². The molecule has 7 heteroatoms. The molecular weight excluding hydrogens is 377 g/mol. The molecule has 28 heavy (non-hydrogen) atoms. The highest BCUT2D eigenvalue weighted by atomic mass is 32.1. The number of carbonyl (C=O) groups is 1. The Morgan fingerprint density at radius 2 is 2.11 bits per heavy atom. The van der Waals surface area contributed by atoms with Crippen molar-refractivity contribution in [1.82, 2.24) is 14.9 Å². The predicted octanol–water partition coefficient (Wildman–Crippen LogP) is 3.99. The van der Waals surface area contributed by atoms with Gasteiger partial charge in [0.15, 0.2) is 6.61 Å². The van der Waals surface area contributed by atoms with Crippen molar-refractivity contribution in [2.75, 3.05) is 13.7 Å². The number of aromatic nitrogens is 2. The number of aryl methyl sites for hydroxylation is 1. The molecule has 1 atom stereocenters. The van der Waals surface area contributed by atoms with Gasteiger partial charge in [0.1, 0.15) is 17.0 Å². The summed E-state index contributed by atoms with van der Waals surface area (Å²) in [5.41, 5.74) is 2.14. The Bertz CT molecular complexity index is 1000. The molecule has 2 heterocycles. The van der Waals surface area contributed by atoms with Crippen LogP contribution in [0.1, 0.15) is 29.3 Å². The fourth-order valence-electron chi connectivity index (χ4n) is 3.55. The molecule has 0 N–H and O–H groups in total. The predicted molar refractivity (Wildman–Crippen MR) is 107 cm³/mol. The second-order valence-corrected chi connectivity index (χ2v) is 8.46. The number of rotatable bonds is 5. The number of hydrogen-bond acceptors (Lipinski definition) is 5. The summed E-state index contributed by atoms with van der Waals surface area (Å²) in [7, 11) is 1.71. The first-order valence-corrected chi connectivity index (χ1v) is 10.2. The van der Waals surface area contributed by atoms with E-state index in [9.17, 15) is 9.18 Å². The van der Waals surface area contributed by atoms with Crippen molar-refractivity contribution in [2.45, 2.75) is 32.7 Å². The highest BCUT2D eigenvalue weighted by molar-refractivity contribution is 7.18. The van der Waals surface area contributed by atoms with Crippen LogP contribution < -0.4 is 4.74 Å². The van der Waals surface area contributed by atoms with Crippen LogP contribution in [0.5, 0.6) is 5.88 Å². The lowest BCUT2D eigenvalue weighted by Crippen LogP contribution is -2.31. The fourth-order valence-corrected chi connectivity index (χ4v) is 4.89. The van der Waals surface area contributed by atoms with E-state index >= 15 is 0 Å². The molecule has 4 rings (SSSR count). The molecule has 5 nitrogen and oxygen atoms in total. The Balaban J connectivity index is 1.46. The van der Waals surface area contributed by atoms with Crippen molar-refractivity contribution in [3.05, 3.63) is 52.4 Å². The van der Waals surface area contributed by atoms with E-state index in [0.717, 1.165) is 35.0 Å². The summed E-state index contributed by atoms with van der Waals surface area (Å²) in [5.74, 6) is 0.719. The summed E-state index contributed by atoms with van der Waals surface area (Å²) >= 11 is 1.70. The van der Waals surface area contributed by atoms with Crippen molar-refractivity contribution in [2.24, 2.45) is 5.92 Å². The Morgan fingerprint density at radius 1 is 1.32 bits per heavy atom. The summed E-state index contributed by atoms with van der Waals surface area (Å²) in [6.45, 7) is 2.57. The van der Waals surface area contributed by atoms with Gasteiger partial charge in [-0.2, -0.15) is 0 Å². The van der Waals surface area contributed by atoms with Crippen LogP contribution in [0.4, 0.5) is 4.39 Å². The van der Waals surface area contributed by atoms with E-state index in [1.165, 1.54) is 28.9 Å². The molecule has 0 aliphatic heterocycles. The van der Waals surface area contributed by atoms with E-state index < -0.39 is 0 Å². The lowest BCUT2D eigenvalue weighted by molar-refractivity contribution is -0.132. The monoisotopic (exact) mass is 399 g/mol. The Labute approximate surface area is 167 Å². The summed E-state index contributed by atoms with van der Waals surface area (Å²) in [5, 5.41) is 0.961. The molecule has 0 spiro atoms. The first kappa shape index (κ1) is 18.8. The van der Waals surface area contributed by atoms with Gasteiger partial charge in [0.25, 0.3) is 5.91 Å². The Hall–Kier alpha value is -2.54. The number of halogens is 1. The molecule has 0 saturated carbocycles. The van der Waals surface area contributed by atoms with E-state index in [1.807, 2.05) is 0 Å². The average Bonchev–Trinajstić information content (AvgIpc) is 3.05. The largest absolute Gasteiger partial charge is 0.467 e. The molecule has 1 aromatic carbocycles. The van der Waals surface area contributed by atoms with Crippen molar-refractivity contribution in [3.63, 3.8) is 0 Å². The maximum absolute atomic E-state index is 13.0. The normalized spacial score (nSPS) is 16.0. The third kappa shape index (κ3) is 3.85. The van der Waals surface area contributed by atoms with Gasteiger partial charge >= 0.3 is 0 Å². The molecule has 0 fully saturated rings. The number of benzene rings is 1. The van der Waals surface area contributed by atoms with Crippen LogP contribution in [0.25, 0.3) is 10.2 Å². The molecule has 3 aromatic rings. The number of ether oxygens (including phenoxy) is 1. The molecule has 0 bridgehead atoms. The number of carbonyl (C=O) groups excluding carboxylic acids is 1. The van der Waals surface area contributed by atoms with Crippen LogP contribution in [-0.4, -0.2) is 34.4 Å². The molecule has 1 amide bonds. The topological polar surface area (TPSA) is 55.3 Å². The second kappa shape index (κ2) is 7.83. The smallest absolute Gasteiger partial charge is 0.260 e. The number of fused-ring (bicyclic) bond motifs is 3. The standard InChI is InChI=1S/C21H22FN3O2S/c1-13-3-8-16-17(9-13)28-21-19(16)20(23-12-24-21)27-11-18(26)25(2)10-14-4-6-15(22)7-5-14/h4-7,12-13H,3,8-11H2,1-2H3. The van der Waals surface area contributed by atoms with Gasteiger partial charge in [-0.3, -0.25) is 4.79 Å². The third-order valence-electron chi connectivity index (χ3n) is 5.15. The SMILES string of the molecule is CC1CCc2c(sc3ncnc(OCC(=O)N(C)Cc4ccc(F)cc4)c23)C1. The summed E-state index contributed by atoms with van der Waals surface area (Å²) in [6, 6.07) is 6.13. The van der Waals surface area contributed by atoms with E-state index in [4.69, 9.17) is 4.74 Å². The fraction of sp³-hybridized carbons (Fsp3) is 0.381. The van der Waals surface area contributed by atoms with Gasteiger partial charge in [-0.1, -0.05) is 19.1 Å². The van der Waals surface area contributed by atoms with Crippen LogP contribution in [0.15, 0.2) is 30.6 Å². The van der Waals surface area contributed by atoms with Gasteiger partial charge in [-0.15, -0.1) is 11.3 Å². The lowest BCUT2D eigenvalue weighted by Gasteiger charge is -2.19. The maximum atomic E-state index is 13.0. The minimum atomic E-state index is -0.290. The quantitative estimate of drug-likeness (QED) is 0.651. The van der Waals surface area contributed by atoms with Gasteiger partial charge < -0.3 is 9.64 Å². The lowest BCUT2D eigenvalue weighted by atomic mass is 9.89. The minimum absolute atomic E-state index is 0.0924. The summed E-state index contributed by atoms with van der Waals surface area (Å²) in [6.07, 6.45) is 4.70. The molecule has 2 aromatic heterocycles. The van der Waals surface area contributed by atoms with E-state index in [-0.39, 0.29) is 18.3 Å². The van der Waals surface area contributed by atoms with Crippen molar-refractivity contribution in [1.29, 1.82) is 0 Å². The first-order chi connectivity index (χ1) is 13.5. The maximum Gasteiger partial charge on any atom is 0.260 e. The minimum Gasteiger partial charge on any atom is -0.467 e. The highest BCUT2D eigenvalue weighted by Crippen LogP contribution is 2.40. The molecule has 146 valence electrons. The molecular formula is C21H22FN3O2S. The molecule has 1 aliphatic carbocycles. The van der Waals surface area contributed by atoms with Crippen LogP contribution in [0.2, 0.25) is 0 Å². The molecule has 1 unspecified atom stereocenters. The highest BCUT2D eigenvalue weighted by Gasteiger charge is 2.24. The second-order valence-electron chi connectivity index (χ2n) is 7.38. The molecule has 0 saturated heterocycles. The van der Waals surface area contributed by atoms with Crippen molar-refractivity contribution < 1.29 is 13.9 Å². The number of hydrogen-bond donors (Lipinski definition) is 0. The van der Waals surface area contributed by atoms with Crippen molar-refractivity contribution in [3.8, 4) is 5.88 Å².